The Kier molecular flexibility index (Phi) is 4.19. The second-order valence-corrected chi connectivity index (χ2v) is 5.16. The number of anilines is 1. The van der Waals surface area contributed by atoms with E-state index in [0.717, 1.165) is 24.3 Å². The molecule has 3 unspecified atom stereocenters. The lowest BCUT2D eigenvalue weighted by atomic mass is 10.0. The molecule has 2 heterocycles. The highest BCUT2D eigenvalue weighted by molar-refractivity contribution is 5.47. The average Bonchev–Trinajstić information content (AvgIpc) is 2.79. The third kappa shape index (κ3) is 2.49. The zero-order valence-corrected chi connectivity index (χ0v) is 11.4. The van der Waals surface area contributed by atoms with Gasteiger partial charge in [0.15, 0.2) is 0 Å². The highest BCUT2D eigenvalue weighted by Crippen LogP contribution is 2.29. The number of hydrogen-bond donors (Lipinski definition) is 2. The van der Waals surface area contributed by atoms with Gasteiger partial charge in [0.25, 0.3) is 0 Å². The van der Waals surface area contributed by atoms with Crippen molar-refractivity contribution in [1.82, 2.24) is 10.3 Å². The zero-order chi connectivity index (χ0) is 13.1. The molecule has 1 aliphatic rings. The van der Waals surface area contributed by atoms with Crippen molar-refractivity contribution in [2.45, 2.75) is 32.4 Å². The second-order valence-electron chi connectivity index (χ2n) is 5.16. The summed E-state index contributed by atoms with van der Waals surface area (Å²) in [6, 6.07) is 4.68. The molecule has 4 heteroatoms. The standard InChI is InChI=1S/C14H23N3O/c1-10-6-7-17(14(10)9-18)12-4-5-13(16-8-12)11(2)15-3/h4-5,8,10-11,14-15,18H,6-7,9H2,1-3H3. The molecule has 1 aromatic rings. The Bertz CT molecular complexity index is 379. The first-order valence-electron chi connectivity index (χ1n) is 6.68. The van der Waals surface area contributed by atoms with Crippen molar-refractivity contribution in [1.29, 1.82) is 0 Å². The summed E-state index contributed by atoms with van der Waals surface area (Å²) in [4.78, 5) is 6.77. The first kappa shape index (κ1) is 13.3. The zero-order valence-electron chi connectivity index (χ0n) is 11.4. The van der Waals surface area contributed by atoms with Crippen LogP contribution in [0.5, 0.6) is 0 Å². The number of pyridine rings is 1. The maximum Gasteiger partial charge on any atom is 0.0637 e. The molecule has 18 heavy (non-hydrogen) atoms. The number of nitrogens with zero attached hydrogens (tertiary/aromatic N) is 2. The van der Waals surface area contributed by atoms with Gasteiger partial charge in [-0.05, 0) is 38.4 Å². The van der Waals surface area contributed by atoms with Crippen LogP contribution in [0.4, 0.5) is 5.69 Å². The molecule has 0 saturated carbocycles. The van der Waals surface area contributed by atoms with Crippen molar-refractivity contribution in [3.63, 3.8) is 0 Å². The molecule has 4 nitrogen and oxygen atoms in total. The molecule has 2 N–H and O–H groups in total. The molecule has 1 aromatic heterocycles. The fourth-order valence-electron chi connectivity index (χ4n) is 2.58. The number of aromatic nitrogens is 1. The number of nitrogens with one attached hydrogen (secondary N) is 1. The molecule has 3 atom stereocenters. The van der Waals surface area contributed by atoms with Gasteiger partial charge < -0.3 is 15.3 Å². The summed E-state index contributed by atoms with van der Waals surface area (Å²) in [7, 11) is 1.93. The third-order valence-electron chi connectivity index (χ3n) is 4.05. The van der Waals surface area contributed by atoms with E-state index in [0.29, 0.717) is 5.92 Å². The van der Waals surface area contributed by atoms with E-state index in [2.05, 4.69) is 41.2 Å². The summed E-state index contributed by atoms with van der Waals surface area (Å²) in [5.41, 5.74) is 2.17. The van der Waals surface area contributed by atoms with Crippen LogP contribution in [0.2, 0.25) is 0 Å². The summed E-state index contributed by atoms with van der Waals surface area (Å²) in [5.74, 6) is 0.547. The van der Waals surface area contributed by atoms with Crippen LogP contribution in [0.15, 0.2) is 18.3 Å². The molecule has 0 spiro atoms. The van der Waals surface area contributed by atoms with Gasteiger partial charge in [-0.1, -0.05) is 6.92 Å². The van der Waals surface area contributed by atoms with Gasteiger partial charge in [0, 0.05) is 12.6 Å². The quantitative estimate of drug-likeness (QED) is 0.850. The van der Waals surface area contributed by atoms with Gasteiger partial charge in [-0.25, -0.2) is 0 Å². The molecule has 0 bridgehead atoms. The van der Waals surface area contributed by atoms with E-state index in [1.54, 1.807) is 0 Å². The number of aliphatic hydroxyl groups excluding tert-OH is 1. The third-order valence-corrected chi connectivity index (χ3v) is 4.05. The average molecular weight is 249 g/mol. The maximum absolute atomic E-state index is 9.48. The van der Waals surface area contributed by atoms with Gasteiger partial charge in [0.2, 0.25) is 0 Å². The normalized spacial score (nSPS) is 25.4. The van der Waals surface area contributed by atoms with E-state index in [1.165, 1.54) is 0 Å². The van der Waals surface area contributed by atoms with Crippen LogP contribution < -0.4 is 10.2 Å². The lowest BCUT2D eigenvalue weighted by Crippen LogP contribution is -2.35. The molecule has 1 saturated heterocycles. The summed E-state index contributed by atoms with van der Waals surface area (Å²) in [6.45, 7) is 5.52. The van der Waals surface area contributed by atoms with Gasteiger partial charge in [0.05, 0.1) is 30.2 Å². The predicted octanol–water partition coefficient (Wildman–Crippen LogP) is 1.57. The Morgan fingerprint density at radius 1 is 1.56 bits per heavy atom. The van der Waals surface area contributed by atoms with Crippen molar-refractivity contribution >= 4 is 5.69 Å². The highest BCUT2D eigenvalue weighted by atomic mass is 16.3. The van der Waals surface area contributed by atoms with Gasteiger partial charge in [-0.2, -0.15) is 0 Å². The predicted molar refractivity (Wildman–Crippen MR) is 73.7 cm³/mol. The minimum Gasteiger partial charge on any atom is -0.394 e. The van der Waals surface area contributed by atoms with Gasteiger partial charge in [-0.15, -0.1) is 0 Å². The summed E-state index contributed by atoms with van der Waals surface area (Å²) in [5, 5.41) is 12.7. The van der Waals surface area contributed by atoms with Gasteiger partial charge in [-0.3, -0.25) is 4.98 Å². The van der Waals surface area contributed by atoms with E-state index in [9.17, 15) is 5.11 Å². The lowest BCUT2D eigenvalue weighted by Gasteiger charge is -2.27. The number of aliphatic hydroxyl groups is 1. The molecule has 1 aliphatic heterocycles. The van der Waals surface area contributed by atoms with Crippen LogP contribution in [0.3, 0.4) is 0 Å². The lowest BCUT2D eigenvalue weighted by molar-refractivity contribution is 0.244. The van der Waals surface area contributed by atoms with Crippen LogP contribution in [0, 0.1) is 5.92 Å². The molecule has 0 aliphatic carbocycles. The summed E-state index contributed by atoms with van der Waals surface area (Å²) in [6.07, 6.45) is 3.06. The molecule has 0 radical (unpaired) electrons. The van der Waals surface area contributed by atoms with Gasteiger partial charge >= 0.3 is 0 Å². The van der Waals surface area contributed by atoms with Crippen molar-refractivity contribution in [2.24, 2.45) is 5.92 Å². The van der Waals surface area contributed by atoms with E-state index in [4.69, 9.17) is 0 Å². The van der Waals surface area contributed by atoms with Crippen LogP contribution in [-0.2, 0) is 0 Å². The van der Waals surface area contributed by atoms with Gasteiger partial charge in [0.1, 0.15) is 0 Å². The summed E-state index contributed by atoms with van der Waals surface area (Å²) >= 11 is 0. The Morgan fingerprint density at radius 2 is 2.33 bits per heavy atom. The minimum atomic E-state index is 0.218. The molecule has 2 rings (SSSR count). The first-order chi connectivity index (χ1) is 8.67. The molecule has 0 amide bonds. The molecule has 0 aromatic carbocycles. The van der Waals surface area contributed by atoms with Crippen LogP contribution in [0.25, 0.3) is 0 Å². The molecule has 1 fully saturated rings. The molecular weight excluding hydrogens is 226 g/mol. The Labute approximate surface area is 109 Å². The van der Waals surface area contributed by atoms with Crippen molar-refractivity contribution in [3.05, 3.63) is 24.0 Å². The molecule has 100 valence electrons. The van der Waals surface area contributed by atoms with Crippen LogP contribution in [0.1, 0.15) is 32.0 Å². The van der Waals surface area contributed by atoms with E-state index >= 15 is 0 Å². The van der Waals surface area contributed by atoms with Crippen molar-refractivity contribution in [2.75, 3.05) is 25.1 Å². The fourth-order valence-corrected chi connectivity index (χ4v) is 2.58. The van der Waals surface area contributed by atoms with E-state index in [1.807, 2.05) is 13.2 Å². The largest absolute Gasteiger partial charge is 0.394 e. The van der Waals surface area contributed by atoms with Crippen molar-refractivity contribution in [3.8, 4) is 0 Å². The van der Waals surface area contributed by atoms with E-state index < -0.39 is 0 Å². The minimum absolute atomic E-state index is 0.218. The topological polar surface area (TPSA) is 48.4 Å². The SMILES string of the molecule is CNC(C)c1ccc(N2CCC(C)C2CO)cn1. The first-order valence-corrected chi connectivity index (χ1v) is 6.68. The number of rotatable bonds is 4. The Hall–Kier alpha value is -1.13. The Morgan fingerprint density at radius 3 is 2.89 bits per heavy atom. The maximum atomic E-state index is 9.48. The number of hydrogen-bond acceptors (Lipinski definition) is 4. The fraction of sp³-hybridized carbons (Fsp3) is 0.643. The monoisotopic (exact) mass is 249 g/mol. The summed E-state index contributed by atoms with van der Waals surface area (Å²) < 4.78 is 0. The second kappa shape index (κ2) is 5.67. The van der Waals surface area contributed by atoms with Crippen LogP contribution in [-0.4, -0.2) is 36.3 Å². The van der Waals surface area contributed by atoms with Crippen molar-refractivity contribution < 1.29 is 5.11 Å². The Balaban J connectivity index is 2.14. The molecular formula is C14H23N3O. The van der Waals surface area contributed by atoms with E-state index in [-0.39, 0.29) is 18.7 Å². The smallest absolute Gasteiger partial charge is 0.0637 e. The highest BCUT2D eigenvalue weighted by Gasteiger charge is 2.30. The van der Waals surface area contributed by atoms with Crippen LogP contribution >= 0.6 is 0 Å².